The van der Waals surface area contributed by atoms with Gasteiger partial charge in [-0.05, 0) is 54.0 Å². The van der Waals surface area contributed by atoms with Gasteiger partial charge in [0.25, 0.3) is 0 Å². The quantitative estimate of drug-likeness (QED) is 0.551. The van der Waals surface area contributed by atoms with Crippen LogP contribution in [-0.2, 0) is 0 Å². The van der Waals surface area contributed by atoms with Gasteiger partial charge in [0.2, 0.25) is 0 Å². The van der Waals surface area contributed by atoms with Crippen LogP contribution in [-0.4, -0.2) is 28.3 Å². The van der Waals surface area contributed by atoms with E-state index in [1.54, 1.807) is 12.1 Å². The van der Waals surface area contributed by atoms with Crippen LogP contribution in [0.2, 0.25) is 5.15 Å². The fraction of sp³-hybridized carbons (Fsp3) is 0.538. The zero-order valence-electron chi connectivity index (χ0n) is 11.6. The Morgan fingerprint density at radius 1 is 1.60 bits per heavy atom. The Kier molecular flexibility index (Phi) is 6.32. The number of carboxylic acid groups (broad SMARTS) is 1. The molecule has 0 aliphatic heterocycles. The third kappa shape index (κ3) is 5.70. The van der Waals surface area contributed by atoms with Crippen molar-refractivity contribution in [2.75, 3.05) is 6.61 Å². The molecule has 5 nitrogen and oxygen atoms in total. The second-order valence-electron chi connectivity index (χ2n) is 5.30. The van der Waals surface area contributed by atoms with Crippen LogP contribution in [0.3, 0.4) is 0 Å². The molecule has 0 aliphatic carbocycles. The van der Waals surface area contributed by atoms with Crippen LogP contribution < -0.4 is 10.1 Å². The Morgan fingerprint density at radius 3 is 2.75 bits per heavy atom. The highest BCUT2D eigenvalue weighted by atomic mass is 127. The summed E-state index contributed by atoms with van der Waals surface area (Å²) in [4.78, 5) is 15.0. The van der Waals surface area contributed by atoms with Crippen LogP contribution in [0, 0.1) is 9.62 Å². The first-order chi connectivity index (χ1) is 9.22. The summed E-state index contributed by atoms with van der Waals surface area (Å²) in [5.41, 5.74) is -0.674. The van der Waals surface area contributed by atoms with E-state index in [1.807, 2.05) is 20.8 Å². The van der Waals surface area contributed by atoms with Crippen molar-refractivity contribution in [3.05, 3.63) is 21.0 Å². The lowest BCUT2D eigenvalue weighted by Crippen LogP contribution is -2.50. The molecule has 1 rings (SSSR count). The van der Waals surface area contributed by atoms with E-state index in [-0.39, 0.29) is 11.8 Å². The molecule has 1 amide bonds. The molecule has 0 bridgehead atoms. The summed E-state index contributed by atoms with van der Waals surface area (Å²) in [6.45, 7) is 6.07. The molecular weight excluding hydrogens is 395 g/mol. The molecule has 2 N–H and O–H groups in total. The highest BCUT2D eigenvalue weighted by Gasteiger charge is 2.28. The molecule has 0 spiro atoms. The number of rotatable bonds is 6. The van der Waals surface area contributed by atoms with Gasteiger partial charge in [-0.15, -0.1) is 0 Å². The Balaban J connectivity index is 2.77. The van der Waals surface area contributed by atoms with Gasteiger partial charge in [0.05, 0.1) is 5.54 Å². The first-order valence-electron chi connectivity index (χ1n) is 6.18. The Labute approximate surface area is 137 Å². The zero-order chi connectivity index (χ0) is 15.3. The molecule has 1 aromatic heterocycles. The lowest BCUT2D eigenvalue weighted by molar-refractivity contribution is 0.143. The number of hydrogen-bond donors (Lipinski definition) is 2. The molecule has 0 aliphatic rings. The van der Waals surface area contributed by atoms with Crippen molar-refractivity contribution in [3.63, 3.8) is 0 Å². The van der Waals surface area contributed by atoms with Gasteiger partial charge in [0, 0.05) is 0 Å². The zero-order valence-corrected chi connectivity index (χ0v) is 14.5. The summed E-state index contributed by atoms with van der Waals surface area (Å²) in [5.74, 6) is 0.787. The molecule has 1 unspecified atom stereocenters. The largest absolute Gasteiger partial charge is 0.488 e. The average Bonchev–Trinajstić information content (AvgIpc) is 2.25. The molecule has 1 atom stereocenters. The third-order valence-electron chi connectivity index (χ3n) is 2.59. The number of carbonyl (C=O) groups is 1. The van der Waals surface area contributed by atoms with E-state index in [4.69, 9.17) is 21.4 Å². The summed E-state index contributed by atoms with van der Waals surface area (Å²) in [6, 6.07) is 3.51. The number of aromatic nitrogens is 1. The summed E-state index contributed by atoms with van der Waals surface area (Å²) in [5, 5.41) is 11.7. The second kappa shape index (κ2) is 7.31. The van der Waals surface area contributed by atoms with Crippen molar-refractivity contribution < 1.29 is 14.6 Å². The van der Waals surface area contributed by atoms with Gasteiger partial charge in [0.15, 0.2) is 10.9 Å². The number of nitrogens with zero attached hydrogens (tertiary/aromatic N) is 1. The first kappa shape index (κ1) is 17.3. The van der Waals surface area contributed by atoms with Gasteiger partial charge >= 0.3 is 6.09 Å². The first-order valence-corrected chi connectivity index (χ1v) is 7.63. The Morgan fingerprint density at radius 2 is 2.25 bits per heavy atom. The highest BCUT2D eigenvalue weighted by molar-refractivity contribution is 14.1. The highest BCUT2D eigenvalue weighted by Crippen LogP contribution is 2.25. The molecule has 7 heteroatoms. The summed E-state index contributed by atoms with van der Waals surface area (Å²) in [6.07, 6.45) is -0.405. The monoisotopic (exact) mass is 412 g/mol. The van der Waals surface area contributed by atoms with Crippen molar-refractivity contribution in [1.29, 1.82) is 0 Å². The van der Waals surface area contributed by atoms with Gasteiger partial charge in [-0.2, -0.15) is 0 Å². The topological polar surface area (TPSA) is 71.5 Å². The van der Waals surface area contributed by atoms with E-state index < -0.39 is 11.6 Å². The Bertz CT molecular complexity index is 485. The second-order valence-corrected chi connectivity index (χ2v) is 6.76. The van der Waals surface area contributed by atoms with E-state index in [0.29, 0.717) is 18.1 Å². The smallest absolute Gasteiger partial charge is 0.405 e. The van der Waals surface area contributed by atoms with Crippen molar-refractivity contribution in [2.45, 2.75) is 32.7 Å². The van der Waals surface area contributed by atoms with E-state index >= 15 is 0 Å². The fourth-order valence-electron chi connectivity index (χ4n) is 2.05. The maximum absolute atomic E-state index is 10.9. The number of nitrogens with one attached hydrogen (secondary N) is 1. The molecule has 1 aromatic rings. The molecule has 112 valence electrons. The molecule has 0 aromatic carbocycles. The lowest BCUT2D eigenvalue weighted by Gasteiger charge is -2.31. The molecule has 0 saturated carbocycles. The number of halogens is 2. The Hall–Kier alpha value is -0.760. The van der Waals surface area contributed by atoms with Gasteiger partial charge < -0.3 is 15.2 Å². The summed E-state index contributed by atoms with van der Waals surface area (Å²) >= 11 is 8.05. The predicted octanol–water partition coefficient (Wildman–Crippen LogP) is 3.79. The number of pyridine rings is 1. The van der Waals surface area contributed by atoms with Crippen molar-refractivity contribution in [3.8, 4) is 5.75 Å². The molecule has 0 fully saturated rings. The molecular formula is C13H18ClIN2O3. The lowest BCUT2D eigenvalue weighted by atomic mass is 9.91. The minimum Gasteiger partial charge on any atom is -0.488 e. The summed E-state index contributed by atoms with van der Waals surface area (Å²) < 4.78 is 6.41. The van der Waals surface area contributed by atoms with E-state index in [1.165, 1.54) is 0 Å². The molecule has 20 heavy (non-hydrogen) atoms. The maximum Gasteiger partial charge on any atom is 0.405 e. The van der Waals surface area contributed by atoms with Gasteiger partial charge in [-0.3, -0.25) is 0 Å². The van der Waals surface area contributed by atoms with Crippen LogP contribution >= 0.6 is 34.2 Å². The van der Waals surface area contributed by atoms with Crippen molar-refractivity contribution in [1.82, 2.24) is 10.3 Å². The minimum absolute atomic E-state index is 0.194. The number of amides is 1. The van der Waals surface area contributed by atoms with Gasteiger partial charge in [-0.25, -0.2) is 9.78 Å². The van der Waals surface area contributed by atoms with E-state index in [9.17, 15) is 4.79 Å². The van der Waals surface area contributed by atoms with Crippen molar-refractivity contribution in [2.24, 2.45) is 5.92 Å². The van der Waals surface area contributed by atoms with Crippen LogP contribution in [0.1, 0.15) is 27.2 Å². The van der Waals surface area contributed by atoms with Crippen LogP contribution in [0.25, 0.3) is 0 Å². The average molecular weight is 413 g/mol. The SMILES string of the molecule is CC(C)CC(C)(COc1ccc(I)nc1Cl)NC(=O)O. The summed E-state index contributed by atoms with van der Waals surface area (Å²) in [7, 11) is 0. The number of ether oxygens (including phenoxy) is 1. The van der Waals surface area contributed by atoms with Gasteiger partial charge in [-0.1, -0.05) is 25.4 Å². The maximum atomic E-state index is 10.9. The third-order valence-corrected chi connectivity index (χ3v) is 3.47. The van der Waals surface area contributed by atoms with Gasteiger partial charge in [0.1, 0.15) is 10.3 Å². The molecule has 0 radical (unpaired) electrons. The van der Waals surface area contributed by atoms with Crippen LogP contribution in [0.4, 0.5) is 4.79 Å². The molecule has 1 heterocycles. The van der Waals surface area contributed by atoms with E-state index in [2.05, 4.69) is 32.9 Å². The van der Waals surface area contributed by atoms with Crippen molar-refractivity contribution >= 4 is 40.3 Å². The fourth-order valence-corrected chi connectivity index (χ4v) is 2.82. The van der Waals surface area contributed by atoms with Crippen LogP contribution in [0.5, 0.6) is 5.75 Å². The minimum atomic E-state index is -1.07. The number of hydrogen-bond acceptors (Lipinski definition) is 3. The van der Waals surface area contributed by atoms with Crippen LogP contribution in [0.15, 0.2) is 12.1 Å². The normalized spacial score (nSPS) is 13.9. The standard InChI is InChI=1S/C13H18ClIN2O3/c1-8(2)6-13(3,17-12(18)19)7-20-9-4-5-10(15)16-11(9)14/h4-5,8,17H,6-7H2,1-3H3,(H,18,19). The van der Waals surface area contributed by atoms with E-state index in [0.717, 1.165) is 3.70 Å². The molecule has 0 saturated heterocycles. The predicted molar refractivity (Wildman–Crippen MR) is 86.5 cm³/mol.